The summed E-state index contributed by atoms with van der Waals surface area (Å²) in [7, 11) is 2.73. The van der Waals surface area contributed by atoms with Crippen molar-refractivity contribution >= 4 is 46.7 Å². The molecule has 0 aliphatic rings. The summed E-state index contributed by atoms with van der Waals surface area (Å²) in [5, 5.41) is 0.128. The third kappa shape index (κ3) is 4.75. The summed E-state index contributed by atoms with van der Waals surface area (Å²) in [6.45, 7) is 0.0520. The fraction of sp³-hybridized carbons (Fsp3) is 0.267. The van der Waals surface area contributed by atoms with Crippen molar-refractivity contribution in [2.75, 3.05) is 27.4 Å². The Morgan fingerprint density at radius 2 is 1.88 bits per heavy atom. The largest absolute Gasteiger partial charge is 0.493 e. The standard InChI is InChI=1S/C15H13Cl2NO6S/c1-21-10-7-8(14(19)22-2)3-4-9(10)23-5-6-24-15(20)12-11(16)13(17)18-25-12/h3-4,7H,5-6H2,1-2H3. The van der Waals surface area contributed by atoms with Crippen molar-refractivity contribution in [1.29, 1.82) is 0 Å². The molecule has 0 unspecified atom stereocenters. The summed E-state index contributed by atoms with van der Waals surface area (Å²) in [5.74, 6) is -0.374. The molecule has 0 spiro atoms. The van der Waals surface area contributed by atoms with Gasteiger partial charge >= 0.3 is 11.9 Å². The molecule has 0 N–H and O–H groups in total. The summed E-state index contributed by atoms with van der Waals surface area (Å²) in [6.07, 6.45) is 0. The Morgan fingerprint density at radius 1 is 1.12 bits per heavy atom. The highest BCUT2D eigenvalue weighted by Gasteiger charge is 2.18. The van der Waals surface area contributed by atoms with Crippen LogP contribution >= 0.6 is 34.7 Å². The Labute approximate surface area is 157 Å². The Balaban J connectivity index is 1.90. The van der Waals surface area contributed by atoms with Crippen molar-refractivity contribution in [3.05, 3.63) is 38.8 Å². The second-order valence-corrected chi connectivity index (χ2v) is 5.97. The summed E-state index contributed by atoms with van der Waals surface area (Å²) in [4.78, 5) is 23.5. The fourth-order valence-corrected chi connectivity index (χ4v) is 2.87. The van der Waals surface area contributed by atoms with Crippen LogP contribution in [0.15, 0.2) is 18.2 Å². The average Bonchev–Trinajstić information content (AvgIpc) is 2.96. The SMILES string of the molecule is COC(=O)c1ccc(OCCOC(=O)c2snc(Cl)c2Cl)c(OC)c1. The van der Waals surface area contributed by atoms with E-state index in [4.69, 9.17) is 37.4 Å². The predicted octanol–water partition coefficient (Wildman–Crippen LogP) is 3.48. The number of methoxy groups -OCH3 is 2. The lowest BCUT2D eigenvalue weighted by Gasteiger charge is -2.11. The molecular weight excluding hydrogens is 393 g/mol. The van der Waals surface area contributed by atoms with Crippen LogP contribution in [0.25, 0.3) is 0 Å². The number of carbonyl (C=O) groups is 2. The van der Waals surface area contributed by atoms with E-state index in [1.54, 1.807) is 6.07 Å². The molecule has 25 heavy (non-hydrogen) atoms. The Morgan fingerprint density at radius 3 is 2.48 bits per heavy atom. The van der Waals surface area contributed by atoms with Gasteiger partial charge in [-0.15, -0.1) is 0 Å². The molecule has 2 rings (SSSR count). The van der Waals surface area contributed by atoms with Gasteiger partial charge in [-0.2, -0.15) is 4.37 Å². The average molecular weight is 406 g/mol. The van der Waals surface area contributed by atoms with Gasteiger partial charge in [0.25, 0.3) is 0 Å². The van der Waals surface area contributed by atoms with E-state index in [9.17, 15) is 9.59 Å². The molecule has 0 bridgehead atoms. The molecule has 0 aliphatic heterocycles. The minimum atomic E-state index is -0.633. The number of benzene rings is 1. The van der Waals surface area contributed by atoms with Gasteiger partial charge in [-0.05, 0) is 29.7 Å². The first-order chi connectivity index (χ1) is 12.0. The molecule has 1 aromatic carbocycles. The van der Waals surface area contributed by atoms with E-state index >= 15 is 0 Å². The lowest BCUT2D eigenvalue weighted by molar-refractivity contribution is 0.0454. The first-order valence-corrected chi connectivity index (χ1v) is 8.37. The molecule has 0 saturated heterocycles. The van der Waals surface area contributed by atoms with E-state index in [0.717, 1.165) is 11.5 Å². The third-order valence-corrected chi connectivity index (χ3v) is 4.72. The van der Waals surface area contributed by atoms with Crippen LogP contribution < -0.4 is 9.47 Å². The summed E-state index contributed by atoms with van der Waals surface area (Å²) < 4.78 is 24.1. The van der Waals surface area contributed by atoms with E-state index in [0.29, 0.717) is 17.1 Å². The molecule has 0 amide bonds. The van der Waals surface area contributed by atoms with Crippen LogP contribution in [-0.2, 0) is 9.47 Å². The number of ether oxygens (including phenoxy) is 4. The van der Waals surface area contributed by atoms with Crippen LogP contribution in [0.3, 0.4) is 0 Å². The van der Waals surface area contributed by atoms with Crippen molar-refractivity contribution in [2.24, 2.45) is 0 Å². The molecule has 10 heteroatoms. The van der Waals surface area contributed by atoms with Gasteiger partial charge in [0.2, 0.25) is 0 Å². The number of hydrogen-bond donors (Lipinski definition) is 0. The minimum absolute atomic E-state index is 0.0212. The Kier molecular flexibility index (Phi) is 6.86. The molecule has 2 aromatic rings. The molecular formula is C15H13Cl2NO6S. The van der Waals surface area contributed by atoms with Gasteiger partial charge in [0.15, 0.2) is 21.5 Å². The molecule has 0 aliphatic carbocycles. The normalized spacial score (nSPS) is 10.2. The van der Waals surface area contributed by atoms with Crippen LogP contribution in [-0.4, -0.2) is 43.7 Å². The van der Waals surface area contributed by atoms with Gasteiger partial charge in [-0.1, -0.05) is 23.2 Å². The molecule has 134 valence electrons. The van der Waals surface area contributed by atoms with Crippen molar-refractivity contribution in [3.8, 4) is 11.5 Å². The zero-order chi connectivity index (χ0) is 18.4. The van der Waals surface area contributed by atoms with Gasteiger partial charge in [0.1, 0.15) is 18.2 Å². The topological polar surface area (TPSA) is 84.0 Å². The second kappa shape index (κ2) is 8.89. The summed E-state index contributed by atoms with van der Waals surface area (Å²) in [5.41, 5.74) is 0.329. The van der Waals surface area contributed by atoms with E-state index in [2.05, 4.69) is 9.11 Å². The van der Waals surface area contributed by atoms with Crippen molar-refractivity contribution in [3.63, 3.8) is 0 Å². The van der Waals surface area contributed by atoms with E-state index in [1.165, 1.54) is 26.4 Å². The van der Waals surface area contributed by atoms with Crippen molar-refractivity contribution in [1.82, 2.24) is 4.37 Å². The predicted molar refractivity (Wildman–Crippen MR) is 92.2 cm³/mol. The van der Waals surface area contributed by atoms with Crippen molar-refractivity contribution in [2.45, 2.75) is 0 Å². The molecule has 1 heterocycles. The molecule has 0 atom stereocenters. The van der Waals surface area contributed by atoms with Crippen LogP contribution in [0, 0.1) is 0 Å². The van der Waals surface area contributed by atoms with Gasteiger partial charge in [-0.3, -0.25) is 0 Å². The molecule has 0 fully saturated rings. The molecule has 0 radical (unpaired) electrons. The number of carbonyl (C=O) groups excluding carboxylic acids is 2. The number of aromatic nitrogens is 1. The van der Waals surface area contributed by atoms with E-state index < -0.39 is 11.9 Å². The van der Waals surface area contributed by atoms with Gasteiger partial charge in [-0.25, -0.2) is 9.59 Å². The lowest BCUT2D eigenvalue weighted by Crippen LogP contribution is -2.12. The van der Waals surface area contributed by atoms with Gasteiger partial charge in [0.05, 0.1) is 19.8 Å². The van der Waals surface area contributed by atoms with Crippen LogP contribution in [0.1, 0.15) is 20.0 Å². The van der Waals surface area contributed by atoms with E-state index in [1.807, 2.05) is 0 Å². The van der Waals surface area contributed by atoms with Gasteiger partial charge in [0, 0.05) is 0 Å². The number of nitrogens with zero attached hydrogens (tertiary/aromatic N) is 1. The maximum atomic E-state index is 11.8. The smallest absolute Gasteiger partial charge is 0.351 e. The minimum Gasteiger partial charge on any atom is -0.493 e. The monoisotopic (exact) mass is 405 g/mol. The number of rotatable bonds is 7. The van der Waals surface area contributed by atoms with E-state index in [-0.39, 0.29) is 28.3 Å². The zero-order valence-electron chi connectivity index (χ0n) is 13.2. The van der Waals surface area contributed by atoms with Crippen molar-refractivity contribution < 1.29 is 28.5 Å². The first-order valence-electron chi connectivity index (χ1n) is 6.84. The third-order valence-electron chi connectivity index (χ3n) is 2.94. The maximum absolute atomic E-state index is 11.8. The lowest BCUT2D eigenvalue weighted by atomic mass is 10.2. The van der Waals surface area contributed by atoms with Crippen LogP contribution in [0.5, 0.6) is 11.5 Å². The fourth-order valence-electron chi connectivity index (χ4n) is 1.77. The summed E-state index contributed by atoms with van der Waals surface area (Å²) in [6, 6.07) is 4.59. The highest BCUT2D eigenvalue weighted by molar-refractivity contribution is 7.09. The maximum Gasteiger partial charge on any atom is 0.351 e. The molecule has 0 saturated carbocycles. The van der Waals surface area contributed by atoms with Crippen LogP contribution in [0.4, 0.5) is 0 Å². The zero-order valence-corrected chi connectivity index (χ0v) is 15.5. The highest BCUT2D eigenvalue weighted by atomic mass is 35.5. The summed E-state index contributed by atoms with van der Waals surface area (Å²) >= 11 is 12.4. The second-order valence-electron chi connectivity index (χ2n) is 4.46. The Bertz CT molecular complexity index is 779. The number of esters is 2. The quantitative estimate of drug-likeness (QED) is 0.514. The highest BCUT2D eigenvalue weighted by Crippen LogP contribution is 2.30. The van der Waals surface area contributed by atoms with Crippen LogP contribution in [0.2, 0.25) is 10.2 Å². The number of hydrogen-bond acceptors (Lipinski definition) is 8. The number of halogens is 2. The molecule has 7 nitrogen and oxygen atoms in total. The molecule has 1 aromatic heterocycles. The van der Waals surface area contributed by atoms with Gasteiger partial charge < -0.3 is 18.9 Å². The Hall–Kier alpha value is -2.03. The first kappa shape index (κ1) is 19.3.